The van der Waals surface area contributed by atoms with Crippen LogP contribution in [-0.4, -0.2) is 81.8 Å². The number of benzene rings is 1. The number of methoxy groups -OCH3 is 1. The van der Waals surface area contributed by atoms with E-state index in [0.717, 1.165) is 17.0 Å². The van der Waals surface area contributed by atoms with Crippen molar-refractivity contribution in [2.75, 3.05) is 33.9 Å². The van der Waals surface area contributed by atoms with Crippen LogP contribution in [0.25, 0.3) is 0 Å². The molecule has 0 fully saturated rings. The number of aliphatic hydroxyl groups is 1. The van der Waals surface area contributed by atoms with Gasteiger partial charge in [-0.2, -0.15) is 0 Å². The van der Waals surface area contributed by atoms with E-state index in [1.165, 1.54) is 0 Å². The maximum Gasteiger partial charge on any atom is 0.222 e. The molecule has 0 bridgehead atoms. The van der Waals surface area contributed by atoms with Crippen molar-refractivity contribution in [2.45, 2.75) is 58.5 Å². The summed E-state index contributed by atoms with van der Waals surface area (Å²) in [5, 5.41) is 17.9. The highest BCUT2D eigenvalue weighted by molar-refractivity contribution is 5.76. The van der Waals surface area contributed by atoms with Gasteiger partial charge in [0.15, 0.2) is 0 Å². The van der Waals surface area contributed by atoms with Crippen molar-refractivity contribution in [3.8, 4) is 5.75 Å². The molecule has 3 rings (SSSR count). The standard InChI is InChI=1S/C24H37N5O4/c1-18-13-28(19(2)16-30)24(31)10-7-11-29-21(12-25-26-29)17-33-23(18)15-27(3)14-20-8-5-6-9-22(20)32-4/h5-6,8-9,12,18-19,23,30H,7,10-11,13-17H2,1-4H3/t18-,19+,23-/m0/s1. The number of nitrogens with zero attached hydrogens (tertiary/aromatic N) is 5. The molecular weight excluding hydrogens is 422 g/mol. The van der Waals surface area contributed by atoms with Crippen molar-refractivity contribution in [1.29, 1.82) is 0 Å². The fraction of sp³-hybridized carbons (Fsp3) is 0.625. The first-order chi connectivity index (χ1) is 15.9. The predicted molar refractivity (Wildman–Crippen MR) is 125 cm³/mol. The molecular formula is C24H37N5O4. The van der Waals surface area contributed by atoms with Gasteiger partial charge in [0.05, 0.1) is 44.4 Å². The number of para-hydroxylation sites is 1. The summed E-state index contributed by atoms with van der Waals surface area (Å²) in [6.07, 6.45) is 2.68. The number of fused-ring (bicyclic) bond motifs is 1. The Morgan fingerprint density at radius 2 is 2.15 bits per heavy atom. The van der Waals surface area contributed by atoms with Crippen LogP contribution in [0.3, 0.4) is 0 Å². The van der Waals surface area contributed by atoms with Crippen LogP contribution in [0.5, 0.6) is 5.75 Å². The molecule has 0 aliphatic carbocycles. The molecule has 2 heterocycles. The molecule has 9 nitrogen and oxygen atoms in total. The number of aromatic nitrogens is 3. The lowest BCUT2D eigenvalue weighted by atomic mass is 10.0. The van der Waals surface area contributed by atoms with E-state index in [1.807, 2.05) is 29.8 Å². The van der Waals surface area contributed by atoms with Crippen LogP contribution in [0.15, 0.2) is 30.5 Å². The Morgan fingerprint density at radius 3 is 2.91 bits per heavy atom. The molecule has 0 saturated carbocycles. The van der Waals surface area contributed by atoms with E-state index in [2.05, 4.69) is 35.2 Å². The highest BCUT2D eigenvalue weighted by Gasteiger charge is 2.28. The van der Waals surface area contributed by atoms with E-state index < -0.39 is 0 Å². The molecule has 1 aromatic carbocycles. The number of carbonyl (C=O) groups is 1. The van der Waals surface area contributed by atoms with Crippen LogP contribution in [0, 0.1) is 5.92 Å². The minimum atomic E-state index is -0.239. The normalized spacial score (nSPS) is 21.3. The summed E-state index contributed by atoms with van der Waals surface area (Å²) in [6.45, 7) is 6.87. The number of carbonyl (C=O) groups excluding carboxylic acids is 1. The topological polar surface area (TPSA) is 93.0 Å². The fourth-order valence-electron chi connectivity index (χ4n) is 4.24. The quantitative estimate of drug-likeness (QED) is 0.676. The molecule has 1 aromatic heterocycles. The van der Waals surface area contributed by atoms with E-state index in [4.69, 9.17) is 9.47 Å². The van der Waals surface area contributed by atoms with Crippen molar-refractivity contribution in [1.82, 2.24) is 24.8 Å². The van der Waals surface area contributed by atoms with Crippen molar-refractivity contribution < 1.29 is 19.4 Å². The van der Waals surface area contributed by atoms with Crippen molar-refractivity contribution >= 4 is 5.91 Å². The van der Waals surface area contributed by atoms with Gasteiger partial charge in [0.1, 0.15) is 5.75 Å². The van der Waals surface area contributed by atoms with E-state index in [0.29, 0.717) is 45.6 Å². The number of likely N-dealkylation sites (N-methyl/N-ethyl adjacent to an activating group) is 1. The Morgan fingerprint density at radius 1 is 1.36 bits per heavy atom. The average Bonchev–Trinajstić information content (AvgIpc) is 3.26. The predicted octanol–water partition coefficient (Wildman–Crippen LogP) is 1.94. The minimum absolute atomic E-state index is 0.0479. The number of ether oxygens (including phenoxy) is 2. The van der Waals surface area contributed by atoms with Crippen molar-refractivity contribution in [3.05, 3.63) is 41.7 Å². The second-order valence-electron chi connectivity index (χ2n) is 8.97. The Hall–Kier alpha value is -2.49. The summed E-state index contributed by atoms with van der Waals surface area (Å²) in [6, 6.07) is 7.76. The number of hydrogen-bond donors (Lipinski definition) is 1. The van der Waals surface area contributed by atoms with Crippen LogP contribution in [0.2, 0.25) is 0 Å². The van der Waals surface area contributed by atoms with Crippen molar-refractivity contribution in [3.63, 3.8) is 0 Å². The zero-order valence-electron chi connectivity index (χ0n) is 20.2. The lowest BCUT2D eigenvalue weighted by molar-refractivity contribution is -0.136. The number of rotatable bonds is 7. The molecule has 0 spiro atoms. The van der Waals surface area contributed by atoms with Gasteiger partial charge in [-0.15, -0.1) is 5.10 Å². The van der Waals surface area contributed by atoms with E-state index in [1.54, 1.807) is 18.2 Å². The second kappa shape index (κ2) is 12.1. The van der Waals surface area contributed by atoms with Gasteiger partial charge in [0.2, 0.25) is 5.91 Å². The number of aliphatic hydroxyl groups excluding tert-OH is 1. The number of hydrogen-bond acceptors (Lipinski definition) is 7. The summed E-state index contributed by atoms with van der Waals surface area (Å²) < 4.78 is 13.7. The molecule has 1 N–H and O–H groups in total. The molecule has 0 unspecified atom stereocenters. The maximum atomic E-state index is 13.0. The summed E-state index contributed by atoms with van der Waals surface area (Å²) in [7, 11) is 3.74. The molecule has 1 aliphatic rings. The molecule has 182 valence electrons. The van der Waals surface area contributed by atoms with Gasteiger partial charge in [-0.25, -0.2) is 4.68 Å². The fourth-order valence-corrected chi connectivity index (χ4v) is 4.24. The maximum absolute atomic E-state index is 13.0. The van der Waals surface area contributed by atoms with Gasteiger partial charge in [0, 0.05) is 44.1 Å². The summed E-state index contributed by atoms with van der Waals surface area (Å²) in [5.74, 6) is 0.971. The van der Waals surface area contributed by atoms with Crippen LogP contribution in [0.1, 0.15) is 37.9 Å². The lowest BCUT2D eigenvalue weighted by Crippen LogP contribution is -2.47. The van der Waals surface area contributed by atoms with Gasteiger partial charge in [-0.3, -0.25) is 9.69 Å². The van der Waals surface area contributed by atoms with Crippen LogP contribution in [0.4, 0.5) is 0 Å². The SMILES string of the molecule is COc1ccccc1CN(C)C[C@@H]1OCc2cnnn2CCCC(=O)N([C@H](C)CO)C[C@@H]1C. The van der Waals surface area contributed by atoms with E-state index in [-0.39, 0.29) is 30.6 Å². The first-order valence-corrected chi connectivity index (χ1v) is 11.6. The molecule has 1 aliphatic heterocycles. The highest BCUT2D eigenvalue weighted by Crippen LogP contribution is 2.21. The Labute approximate surface area is 196 Å². The molecule has 1 amide bonds. The van der Waals surface area contributed by atoms with Crippen LogP contribution >= 0.6 is 0 Å². The molecule has 33 heavy (non-hydrogen) atoms. The van der Waals surface area contributed by atoms with Gasteiger partial charge in [-0.1, -0.05) is 30.3 Å². The van der Waals surface area contributed by atoms with Gasteiger partial charge in [0.25, 0.3) is 0 Å². The molecule has 0 radical (unpaired) electrons. The van der Waals surface area contributed by atoms with Crippen molar-refractivity contribution in [2.24, 2.45) is 5.92 Å². The van der Waals surface area contributed by atoms with Crippen LogP contribution < -0.4 is 4.74 Å². The van der Waals surface area contributed by atoms with Gasteiger partial charge < -0.3 is 19.5 Å². The summed E-state index contributed by atoms with van der Waals surface area (Å²) in [4.78, 5) is 17.0. The number of amides is 1. The largest absolute Gasteiger partial charge is 0.496 e. The average molecular weight is 460 g/mol. The third-order valence-electron chi connectivity index (χ3n) is 6.26. The summed E-state index contributed by atoms with van der Waals surface area (Å²) in [5.41, 5.74) is 2.02. The zero-order chi connectivity index (χ0) is 23.8. The monoisotopic (exact) mass is 459 g/mol. The van der Waals surface area contributed by atoms with E-state index in [9.17, 15) is 9.90 Å². The third kappa shape index (κ3) is 6.75. The molecule has 3 atom stereocenters. The smallest absolute Gasteiger partial charge is 0.222 e. The second-order valence-corrected chi connectivity index (χ2v) is 8.97. The Bertz CT molecular complexity index is 889. The highest BCUT2D eigenvalue weighted by atomic mass is 16.5. The Kier molecular flexibility index (Phi) is 9.22. The lowest BCUT2D eigenvalue weighted by Gasteiger charge is -2.35. The molecule has 0 saturated heterocycles. The zero-order valence-corrected chi connectivity index (χ0v) is 20.2. The first-order valence-electron chi connectivity index (χ1n) is 11.6. The third-order valence-corrected chi connectivity index (χ3v) is 6.26. The first kappa shape index (κ1) is 25.1. The van der Waals surface area contributed by atoms with Gasteiger partial charge in [-0.05, 0) is 26.5 Å². The summed E-state index contributed by atoms with van der Waals surface area (Å²) >= 11 is 0. The van der Waals surface area contributed by atoms with Crippen LogP contribution in [-0.2, 0) is 29.2 Å². The number of aryl methyl sites for hydroxylation is 1. The Balaban J connectivity index is 1.78. The minimum Gasteiger partial charge on any atom is -0.496 e. The molecule has 9 heteroatoms. The molecule has 2 aromatic rings. The van der Waals surface area contributed by atoms with E-state index >= 15 is 0 Å². The van der Waals surface area contributed by atoms with Gasteiger partial charge >= 0.3 is 0 Å².